The third kappa shape index (κ3) is 1.61. The molecule has 14 heavy (non-hydrogen) atoms. The molecule has 0 fully saturated rings. The highest BCUT2D eigenvalue weighted by atomic mass is 32.1. The molecule has 3 nitrogen and oxygen atoms in total. The number of carboxylic acids is 1. The predicted octanol–water partition coefficient (Wildman–Crippen LogP) is 1.84. The molecule has 0 saturated carbocycles. The number of fused-ring (bicyclic) bond motifs is 1. The van der Waals surface area contributed by atoms with E-state index in [4.69, 9.17) is 9.84 Å². The van der Waals surface area contributed by atoms with Gasteiger partial charge in [-0.2, -0.15) is 0 Å². The maximum Gasteiger partial charge on any atom is 0.335 e. The van der Waals surface area contributed by atoms with Crippen LogP contribution in [0, 0.1) is 0 Å². The maximum absolute atomic E-state index is 10.7. The van der Waals surface area contributed by atoms with Crippen molar-refractivity contribution in [3.63, 3.8) is 0 Å². The molecule has 1 aromatic carbocycles. The van der Waals surface area contributed by atoms with Crippen LogP contribution in [0.2, 0.25) is 0 Å². The Kier molecular flexibility index (Phi) is 2.21. The quantitative estimate of drug-likeness (QED) is 0.692. The lowest BCUT2D eigenvalue weighted by atomic mass is 10.1. The third-order valence-corrected chi connectivity index (χ3v) is 2.26. The number of benzene rings is 1. The molecule has 1 aliphatic rings. The molecule has 0 aromatic heterocycles. The largest absolute Gasteiger partial charge is 0.488 e. The predicted molar refractivity (Wildman–Crippen MR) is 54.8 cm³/mol. The number of aliphatic carboxylic acids is 1. The molecule has 4 heteroatoms. The van der Waals surface area contributed by atoms with Gasteiger partial charge >= 0.3 is 5.97 Å². The minimum absolute atomic E-state index is 0.119. The summed E-state index contributed by atoms with van der Waals surface area (Å²) in [6.45, 7) is 0.119. The van der Waals surface area contributed by atoms with E-state index in [9.17, 15) is 4.79 Å². The van der Waals surface area contributed by atoms with Crippen LogP contribution >= 0.6 is 12.6 Å². The van der Waals surface area contributed by atoms with Crippen molar-refractivity contribution in [1.82, 2.24) is 0 Å². The summed E-state index contributed by atoms with van der Waals surface area (Å²) in [6, 6.07) is 5.37. The first kappa shape index (κ1) is 9.15. The van der Waals surface area contributed by atoms with E-state index in [2.05, 4.69) is 12.6 Å². The zero-order valence-electron chi connectivity index (χ0n) is 7.23. The molecule has 1 aromatic rings. The van der Waals surface area contributed by atoms with Crippen molar-refractivity contribution in [2.45, 2.75) is 4.90 Å². The van der Waals surface area contributed by atoms with Crippen molar-refractivity contribution in [2.24, 2.45) is 0 Å². The Hall–Kier alpha value is -1.42. The Balaban J connectivity index is 2.47. The van der Waals surface area contributed by atoms with E-state index in [1.807, 2.05) is 6.07 Å². The molecule has 0 spiro atoms. The number of hydrogen-bond acceptors (Lipinski definition) is 3. The van der Waals surface area contributed by atoms with Crippen LogP contribution in [-0.4, -0.2) is 17.7 Å². The van der Waals surface area contributed by atoms with Gasteiger partial charge in [0.1, 0.15) is 12.4 Å². The molecule has 1 heterocycles. The van der Waals surface area contributed by atoms with Gasteiger partial charge < -0.3 is 9.84 Å². The summed E-state index contributed by atoms with van der Waals surface area (Å²) in [7, 11) is 0. The minimum atomic E-state index is -0.944. The van der Waals surface area contributed by atoms with Crippen molar-refractivity contribution >= 4 is 24.7 Å². The fourth-order valence-electron chi connectivity index (χ4n) is 1.29. The molecular formula is C10H8O3S. The van der Waals surface area contributed by atoms with Gasteiger partial charge in [-0.3, -0.25) is 0 Å². The summed E-state index contributed by atoms with van der Waals surface area (Å²) in [5.41, 5.74) is 1.03. The van der Waals surface area contributed by atoms with Gasteiger partial charge in [-0.25, -0.2) is 4.79 Å². The van der Waals surface area contributed by atoms with Gasteiger partial charge in [0, 0.05) is 10.5 Å². The van der Waals surface area contributed by atoms with Crippen LogP contribution < -0.4 is 4.74 Å². The van der Waals surface area contributed by atoms with Crippen molar-refractivity contribution in [1.29, 1.82) is 0 Å². The monoisotopic (exact) mass is 208 g/mol. The molecule has 2 rings (SSSR count). The summed E-state index contributed by atoms with van der Waals surface area (Å²) in [4.78, 5) is 11.5. The molecule has 1 aliphatic heterocycles. The van der Waals surface area contributed by atoms with Gasteiger partial charge in [0.15, 0.2) is 0 Å². The lowest BCUT2D eigenvalue weighted by Gasteiger charge is -2.15. The normalized spacial score (nSPS) is 13.9. The highest BCUT2D eigenvalue weighted by molar-refractivity contribution is 7.80. The first-order valence-electron chi connectivity index (χ1n) is 4.06. The van der Waals surface area contributed by atoms with Gasteiger partial charge in [0.25, 0.3) is 0 Å². The molecule has 72 valence electrons. The molecule has 1 N–H and O–H groups in total. The molecule has 0 amide bonds. The van der Waals surface area contributed by atoms with Crippen molar-refractivity contribution in [3.05, 3.63) is 29.3 Å². The number of thiol groups is 1. The van der Waals surface area contributed by atoms with Crippen molar-refractivity contribution in [3.8, 4) is 5.75 Å². The van der Waals surface area contributed by atoms with E-state index >= 15 is 0 Å². The van der Waals surface area contributed by atoms with Gasteiger partial charge in [-0.15, -0.1) is 12.6 Å². The van der Waals surface area contributed by atoms with E-state index in [0.717, 1.165) is 10.5 Å². The second-order valence-electron chi connectivity index (χ2n) is 2.99. The fraction of sp³-hybridized carbons (Fsp3) is 0.100. The maximum atomic E-state index is 10.7. The van der Waals surface area contributed by atoms with Gasteiger partial charge in [-0.05, 0) is 24.3 Å². The lowest BCUT2D eigenvalue weighted by Crippen LogP contribution is -2.14. The van der Waals surface area contributed by atoms with Gasteiger partial charge in [-0.1, -0.05) is 0 Å². The van der Waals surface area contributed by atoms with Crippen LogP contribution in [-0.2, 0) is 4.79 Å². The zero-order chi connectivity index (χ0) is 10.1. The summed E-state index contributed by atoms with van der Waals surface area (Å²) < 4.78 is 5.27. The standard InChI is InChI=1S/C10H8O3S/c11-10(12)7-3-6-4-8(14)1-2-9(6)13-5-7/h1-4,14H,5H2,(H,11,12). The highest BCUT2D eigenvalue weighted by Gasteiger charge is 2.15. The van der Waals surface area contributed by atoms with Crippen LogP contribution in [0.15, 0.2) is 28.7 Å². The fourth-order valence-corrected chi connectivity index (χ4v) is 1.50. The summed E-state index contributed by atoms with van der Waals surface area (Å²) in [5.74, 6) is -0.243. The van der Waals surface area contributed by atoms with E-state index < -0.39 is 5.97 Å². The third-order valence-electron chi connectivity index (χ3n) is 1.98. The topological polar surface area (TPSA) is 46.5 Å². The molecule has 0 atom stereocenters. The average molecular weight is 208 g/mol. The lowest BCUT2D eigenvalue weighted by molar-refractivity contribution is -0.132. The van der Waals surface area contributed by atoms with E-state index in [0.29, 0.717) is 5.75 Å². The Labute approximate surface area is 86.4 Å². The van der Waals surface area contributed by atoms with Crippen LogP contribution in [0.1, 0.15) is 5.56 Å². The Morgan fingerprint density at radius 2 is 2.29 bits per heavy atom. The van der Waals surface area contributed by atoms with Crippen molar-refractivity contribution < 1.29 is 14.6 Å². The summed E-state index contributed by atoms with van der Waals surface area (Å²) >= 11 is 4.17. The number of ether oxygens (including phenoxy) is 1. The van der Waals surface area contributed by atoms with Gasteiger partial charge in [0.2, 0.25) is 0 Å². The smallest absolute Gasteiger partial charge is 0.335 e. The van der Waals surface area contributed by atoms with Gasteiger partial charge in [0.05, 0.1) is 5.57 Å². The van der Waals surface area contributed by atoms with Crippen LogP contribution in [0.4, 0.5) is 0 Å². The molecule has 0 radical (unpaired) electrons. The summed E-state index contributed by atoms with van der Waals surface area (Å²) in [5, 5.41) is 8.77. The highest BCUT2D eigenvalue weighted by Crippen LogP contribution is 2.28. The van der Waals surface area contributed by atoms with Crippen LogP contribution in [0.5, 0.6) is 5.75 Å². The molecule has 0 bridgehead atoms. The molecule has 0 aliphatic carbocycles. The van der Waals surface area contributed by atoms with E-state index in [1.54, 1.807) is 18.2 Å². The molecule has 0 saturated heterocycles. The second-order valence-corrected chi connectivity index (χ2v) is 3.50. The molecular weight excluding hydrogens is 200 g/mol. The zero-order valence-corrected chi connectivity index (χ0v) is 8.12. The Bertz CT molecular complexity index is 423. The Morgan fingerprint density at radius 3 is 3.00 bits per heavy atom. The summed E-state index contributed by atoms with van der Waals surface area (Å²) in [6.07, 6.45) is 1.61. The molecule has 0 unspecified atom stereocenters. The average Bonchev–Trinajstić information content (AvgIpc) is 2.16. The van der Waals surface area contributed by atoms with E-state index in [1.165, 1.54) is 0 Å². The second kappa shape index (κ2) is 3.38. The number of carbonyl (C=O) groups is 1. The first-order valence-corrected chi connectivity index (χ1v) is 4.51. The number of rotatable bonds is 1. The number of carboxylic acid groups (broad SMARTS) is 1. The van der Waals surface area contributed by atoms with Crippen LogP contribution in [0.3, 0.4) is 0 Å². The van der Waals surface area contributed by atoms with Crippen LogP contribution in [0.25, 0.3) is 6.08 Å². The first-order chi connectivity index (χ1) is 6.66. The Morgan fingerprint density at radius 1 is 1.50 bits per heavy atom. The van der Waals surface area contributed by atoms with E-state index in [-0.39, 0.29) is 12.2 Å². The van der Waals surface area contributed by atoms with Crippen molar-refractivity contribution in [2.75, 3.05) is 6.61 Å². The minimum Gasteiger partial charge on any atom is -0.488 e. The SMILES string of the molecule is O=C(O)C1=Cc2cc(S)ccc2OC1. The number of hydrogen-bond donors (Lipinski definition) is 2.